The molecule has 0 aromatic heterocycles. The molecule has 3 rings (SSSR count). The lowest BCUT2D eigenvalue weighted by Gasteiger charge is -2.21. The number of hydrogen-bond donors (Lipinski definition) is 1. The minimum Gasteiger partial charge on any atom is -0.494 e. The summed E-state index contributed by atoms with van der Waals surface area (Å²) in [5, 5.41) is 2.41. The van der Waals surface area contributed by atoms with Gasteiger partial charge in [-0.1, -0.05) is 0 Å². The number of halogens is 1. The summed E-state index contributed by atoms with van der Waals surface area (Å²) in [5.74, 6) is -1.20. The molecule has 1 N–H and O–H groups in total. The number of nitrogens with one attached hydrogen (secondary N) is 1. The maximum Gasteiger partial charge on any atom is 0.324 e. The molecular formula is C14H16FN3O5S. The normalized spacial score (nSPS) is 22.1. The predicted molar refractivity (Wildman–Crippen MR) is 80.4 cm³/mol. The number of rotatable bonds is 4. The number of benzene rings is 1. The molecule has 1 aromatic carbocycles. The van der Waals surface area contributed by atoms with Crippen molar-refractivity contribution in [2.75, 3.05) is 26.7 Å². The topological polar surface area (TPSA) is 96.0 Å². The molecule has 2 aliphatic rings. The third-order valence-electron chi connectivity index (χ3n) is 4.13. The van der Waals surface area contributed by atoms with Crippen molar-refractivity contribution in [3.8, 4) is 5.75 Å². The Morgan fingerprint density at radius 3 is 2.67 bits per heavy atom. The van der Waals surface area contributed by atoms with Crippen LogP contribution in [0.15, 0.2) is 23.1 Å². The smallest absolute Gasteiger partial charge is 0.324 e. The van der Waals surface area contributed by atoms with Gasteiger partial charge in [0.2, 0.25) is 15.9 Å². The summed E-state index contributed by atoms with van der Waals surface area (Å²) in [6.07, 6.45) is 0.344. The van der Waals surface area contributed by atoms with Crippen LogP contribution in [0.1, 0.15) is 6.42 Å². The third-order valence-corrected chi connectivity index (χ3v) is 5.99. The number of hydrogen-bond acceptors (Lipinski definition) is 5. The zero-order chi connectivity index (χ0) is 17.5. The summed E-state index contributed by atoms with van der Waals surface area (Å²) < 4.78 is 45.0. The monoisotopic (exact) mass is 357 g/mol. The van der Waals surface area contributed by atoms with Gasteiger partial charge >= 0.3 is 6.03 Å². The van der Waals surface area contributed by atoms with Crippen molar-refractivity contribution in [2.24, 2.45) is 0 Å². The van der Waals surface area contributed by atoms with Crippen LogP contribution >= 0.6 is 0 Å². The van der Waals surface area contributed by atoms with Crippen LogP contribution in [0.25, 0.3) is 0 Å². The van der Waals surface area contributed by atoms with Crippen LogP contribution in [0, 0.1) is 5.82 Å². The molecular weight excluding hydrogens is 341 g/mol. The Hall–Kier alpha value is -2.20. The molecule has 2 aliphatic heterocycles. The van der Waals surface area contributed by atoms with E-state index in [9.17, 15) is 22.4 Å². The van der Waals surface area contributed by atoms with Gasteiger partial charge < -0.3 is 10.1 Å². The second kappa shape index (κ2) is 6.02. The van der Waals surface area contributed by atoms with E-state index in [2.05, 4.69) is 5.32 Å². The van der Waals surface area contributed by atoms with Crippen LogP contribution in [-0.4, -0.2) is 62.3 Å². The SMILES string of the molecule is COc1ccc(S(=O)(=O)N2CCC(N3C(=O)CNC3=O)C2)cc1F. The van der Waals surface area contributed by atoms with Gasteiger partial charge in [0.1, 0.15) is 0 Å². The lowest BCUT2D eigenvalue weighted by molar-refractivity contribution is -0.126. The predicted octanol–water partition coefficient (Wildman–Crippen LogP) is 0.149. The summed E-state index contributed by atoms with van der Waals surface area (Å²) in [6, 6.07) is 2.37. The number of methoxy groups -OCH3 is 1. The second-order valence-electron chi connectivity index (χ2n) is 5.52. The van der Waals surface area contributed by atoms with Gasteiger partial charge in [0.15, 0.2) is 11.6 Å². The van der Waals surface area contributed by atoms with Crippen LogP contribution in [0.3, 0.4) is 0 Å². The molecule has 8 nitrogen and oxygen atoms in total. The quantitative estimate of drug-likeness (QED) is 0.774. The Kier molecular flexibility index (Phi) is 4.18. The number of sulfonamides is 1. The molecule has 3 amide bonds. The lowest BCUT2D eigenvalue weighted by atomic mass is 10.2. The van der Waals surface area contributed by atoms with Crippen LogP contribution < -0.4 is 10.1 Å². The lowest BCUT2D eigenvalue weighted by Crippen LogP contribution is -2.42. The molecule has 10 heteroatoms. The van der Waals surface area contributed by atoms with Gasteiger partial charge in [-0.2, -0.15) is 4.31 Å². The van der Waals surface area contributed by atoms with Crippen LogP contribution in [0.2, 0.25) is 0 Å². The van der Waals surface area contributed by atoms with Gasteiger partial charge in [0.25, 0.3) is 0 Å². The van der Waals surface area contributed by atoms with Crippen molar-refractivity contribution in [3.05, 3.63) is 24.0 Å². The van der Waals surface area contributed by atoms with Crippen molar-refractivity contribution in [3.63, 3.8) is 0 Å². The maximum atomic E-state index is 13.8. The minimum absolute atomic E-state index is 0.00482. The van der Waals surface area contributed by atoms with E-state index < -0.39 is 27.9 Å². The fourth-order valence-corrected chi connectivity index (χ4v) is 4.41. The molecule has 1 unspecified atom stereocenters. The van der Waals surface area contributed by atoms with Gasteiger partial charge in [-0.05, 0) is 24.6 Å². The van der Waals surface area contributed by atoms with E-state index in [0.29, 0.717) is 6.42 Å². The number of urea groups is 1. The Morgan fingerprint density at radius 1 is 1.33 bits per heavy atom. The first-order valence-electron chi connectivity index (χ1n) is 7.28. The van der Waals surface area contributed by atoms with Gasteiger partial charge in [0.05, 0.1) is 24.6 Å². The van der Waals surface area contributed by atoms with Crippen molar-refractivity contribution in [1.29, 1.82) is 0 Å². The summed E-state index contributed by atoms with van der Waals surface area (Å²) in [7, 11) is -2.63. The van der Waals surface area contributed by atoms with E-state index in [-0.39, 0.29) is 36.2 Å². The maximum absolute atomic E-state index is 13.8. The average Bonchev–Trinajstić information content (AvgIpc) is 3.14. The molecule has 2 saturated heterocycles. The fourth-order valence-electron chi connectivity index (χ4n) is 2.90. The van der Waals surface area contributed by atoms with Gasteiger partial charge in [-0.3, -0.25) is 9.69 Å². The second-order valence-corrected chi connectivity index (χ2v) is 7.46. The first-order chi connectivity index (χ1) is 11.3. The van der Waals surface area contributed by atoms with E-state index in [1.54, 1.807) is 0 Å². The minimum atomic E-state index is -3.92. The number of ether oxygens (including phenoxy) is 1. The zero-order valence-electron chi connectivity index (χ0n) is 12.9. The van der Waals surface area contributed by atoms with E-state index in [0.717, 1.165) is 15.3 Å². The van der Waals surface area contributed by atoms with E-state index >= 15 is 0 Å². The summed E-state index contributed by atoms with van der Waals surface area (Å²) in [5.41, 5.74) is 0. The molecule has 1 aromatic rings. The molecule has 0 saturated carbocycles. The molecule has 24 heavy (non-hydrogen) atoms. The average molecular weight is 357 g/mol. The molecule has 2 heterocycles. The number of nitrogens with zero attached hydrogens (tertiary/aromatic N) is 2. The highest BCUT2D eigenvalue weighted by molar-refractivity contribution is 7.89. The van der Waals surface area contributed by atoms with Gasteiger partial charge in [0, 0.05) is 13.1 Å². The highest BCUT2D eigenvalue weighted by Gasteiger charge is 2.41. The molecule has 1 atom stereocenters. The standard InChI is InChI=1S/C14H16FN3O5S/c1-23-12-3-2-10(6-11(12)15)24(21,22)17-5-4-9(8-17)18-13(19)7-16-14(18)20/h2-3,6,9H,4-5,7-8H2,1H3,(H,16,20). The van der Waals surface area contributed by atoms with E-state index in [1.165, 1.54) is 19.2 Å². The third kappa shape index (κ3) is 2.71. The van der Waals surface area contributed by atoms with Crippen molar-refractivity contribution >= 4 is 22.0 Å². The van der Waals surface area contributed by atoms with Crippen molar-refractivity contribution < 1.29 is 27.1 Å². The summed E-state index contributed by atoms with van der Waals surface area (Å²) >= 11 is 0. The van der Waals surface area contributed by atoms with E-state index in [4.69, 9.17) is 4.74 Å². The van der Waals surface area contributed by atoms with Crippen molar-refractivity contribution in [1.82, 2.24) is 14.5 Å². The Morgan fingerprint density at radius 2 is 2.08 bits per heavy atom. The number of carbonyl (C=O) groups is 2. The highest BCUT2D eigenvalue weighted by atomic mass is 32.2. The first kappa shape index (κ1) is 16.7. The molecule has 2 fully saturated rings. The van der Waals surface area contributed by atoms with Crippen LogP contribution in [-0.2, 0) is 14.8 Å². The van der Waals surface area contributed by atoms with Crippen molar-refractivity contribution in [2.45, 2.75) is 17.4 Å². The number of amides is 3. The zero-order valence-corrected chi connectivity index (χ0v) is 13.7. The van der Waals surface area contributed by atoms with Gasteiger partial charge in [-0.25, -0.2) is 17.6 Å². The molecule has 0 spiro atoms. The van der Waals surface area contributed by atoms with Crippen LogP contribution in [0.5, 0.6) is 5.75 Å². The summed E-state index contributed by atoms with van der Waals surface area (Å²) in [4.78, 5) is 24.3. The Labute approximate surface area is 138 Å². The van der Waals surface area contributed by atoms with Gasteiger partial charge in [-0.15, -0.1) is 0 Å². The Balaban J connectivity index is 1.80. The number of imide groups is 1. The van der Waals surface area contributed by atoms with Crippen LogP contribution in [0.4, 0.5) is 9.18 Å². The first-order valence-corrected chi connectivity index (χ1v) is 8.72. The molecule has 130 valence electrons. The highest BCUT2D eigenvalue weighted by Crippen LogP contribution is 2.27. The molecule has 0 bridgehead atoms. The Bertz CT molecular complexity index is 782. The van der Waals surface area contributed by atoms with E-state index in [1.807, 2.05) is 0 Å². The molecule has 0 radical (unpaired) electrons. The molecule has 0 aliphatic carbocycles. The summed E-state index contributed by atoms with van der Waals surface area (Å²) in [6.45, 7) is 0.0681. The largest absolute Gasteiger partial charge is 0.494 e. The number of carbonyl (C=O) groups excluding carboxylic acids is 2. The fraction of sp³-hybridized carbons (Fsp3) is 0.429.